The Hall–Kier alpha value is -0.521. The summed E-state index contributed by atoms with van der Waals surface area (Å²) in [5, 5.41) is 0. The molecule has 0 nitrogen and oxygen atoms in total. The van der Waals surface area contributed by atoms with Crippen LogP contribution in [0.4, 0.5) is 0 Å². The van der Waals surface area contributed by atoms with Gasteiger partial charge in [0.15, 0.2) is 0 Å². The van der Waals surface area contributed by atoms with Gasteiger partial charge in [0.1, 0.15) is 0 Å². The van der Waals surface area contributed by atoms with Crippen molar-refractivity contribution < 1.29 is 0 Å². The fraction of sp³-hybridized carbons (Fsp3) is 0.467. The quantitative estimate of drug-likeness (QED) is 0.526. The molecule has 0 unspecified atom stereocenters. The van der Waals surface area contributed by atoms with Crippen LogP contribution in [0.15, 0.2) is 35.3 Å². The van der Waals surface area contributed by atoms with Gasteiger partial charge in [-0.1, -0.05) is 0 Å². The summed E-state index contributed by atoms with van der Waals surface area (Å²) in [6.45, 7) is 4.42. The van der Waals surface area contributed by atoms with Crippen LogP contribution in [0, 0.1) is 6.92 Å². The molecular formula is C15H22Se. The third-order valence-electron chi connectivity index (χ3n) is 2.51. The second-order valence-corrected chi connectivity index (χ2v) is 6.21. The first-order chi connectivity index (χ1) is 7.83. The predicted molar refractivity (Wildman–Crippen MR) is 74.5 cm³/mol. The Morgan fingerprint density at radius 2 is 2.06 bits per heavy atom. The Balaban J connectivity index is 2.16. The van der Waals surface area contributed by atoms with Crippen molar-refractivity contribution in [3.63, 3.8) is 0 Å². The maximum atomic E-state index is 2.37. The van der Waals surface area contributed by atoms with Crippen molar-refractivity contribution >= 4 is 19.4 Å². The molecule has 0 aliphatic carbocycles. The van der Waals surface area contributed by atoms with Gasteiger partial charge in [0.2, 0.25) is 0 Å². The molecule has 0 aromatic heterocycles. The van der Waals surface area contributed by atoms with E-state index in [9.17, 15) is 0 Å². The second kappa shape index (κ2) is 8.61. The van der Waals surface area contributed by atoms with Crippen molar-refractivity contribution in [3.05, 3.63) is 40.9 Å². The summed E-state index contributed by atoms with van der Waals surface area (Å²) in [4.78, 5) is 2.37. The molecule has 0 fully saturated rings. The van der Waals surface area contributed by atoms with Crippen LogP contribution in [-0.2, 0) is 0 Å². The summed E-state index contributed by atoms with van der Waals surface area (Å²) in [6.07, 6.45) is 9.08. The molecule has 0 bridgehead atoms. The third kappa shape index (κ3) is 6.15. The summed E-state index contributed by atoms with van der Waals surface area (Å²) in [5.41, 5.74) is 1.37. The average molecular weight is 281 g/mol. The Bertz CT molecular complexity index is 315. The van der Waals surface area contributed by atoms with Gasteiger partial charge >= 0.3 is 106 Å². The van der Waals surface area contributed by atoms with Gasteiger partial charge in [-0.3, -0.25) is 0 Å². The summed E-state index contributed by atoms with van der Waals surface area (Å²) in [7, 11) is 0. The van der Waals surface area contributed by atoms with Crippen molar-refractivity contribution in [1.29, 1.82) is 0 Å². The fourth-order valence-electron chi connectivity index (χ4n) is 1.57. The molecule has 1 aromatic carbocycles. The van der Waals surface area contributed by atoms with E-state index in [1.165, 1.54) is 42.1 Å². The van der Waals surface area contributed by atoms with Crippen LogP contribution in [0.25, 0.3) is 0 Å². The molecule has 0 aliphatic heterocycles. The van der Waals surface area contributed by atoms with Crippen LogP contribution in [0.5, 0.6) is 0 Å². The van der Waals surface area contributed by atoms with E-state index in [2.05, 4.69) is 49.2 Å². The normalized spacial score (nSPS) is 11.1. The van der Waals surface area contributed by atoms with E-state index in [0.717, 1.165) is 0 Å². The summed E-state index contributed by atoms with van der Waals surface area (Å²) < 4.78 is 1.48. The number of hydrogen-bond donors (Lipinski definition) is 0. The fourth-order valence-corrected chi connectivity index (χ4v) is 3.25. The van der Waals surface area contributed by atoms with E-state index in [0.29, 0.717) is 15.0 Å². The van der Waals surface area contributed by atoms with E-state index in [4.69, 9.17) is 0 Å². The van der Waals surface area contributed by atoms with Crippen LogP contribution in [-0.4, -0.2) is 15.0 Å². The van der Waals surface area contributed by atoms with E-state index in [-0.39, 0.29) is 0 Å². The molecular weight excluding hydrogens is 259 g/mol. The van der Waals surface area contributed by atoms with Crippen molar-refractivity contribution in [2.24, 2.45) is 0 Å². The van der Waals surface area contributed by atoms with Gasteiger partial charge < -0.3 is 0 Å². The molecule has 0 atom stereocenters. The summed E-state index contributed by atoms with van der Waals surface area (Å²) in [5.74, 6) is 0. The first-order valence-electron chi connectivity index (χ1n) is 6.21. The summed E-state index contributed by atoms with van der Waals surface area (Å²) in [6, 6.07) is 8.84. The second-order valence-electron chi connectivity index (χ2n) is 4.16. The molecule has 1 aromatic rings. The van der Waals surface area contributed by atoms with Gasteiger partial charge in [0.05, 0.1) is 0 Å². The molecule has 0 saturated carbocycles. The molecule has 0 amide bonds. The SMILES string of the molecule is CCCCCC/C=C/[Se]c1cccc(C)c1. The topological polar surface area (TPSA) is 0 Å². The molecule has 1 heteroatoms. The Morgan fingerprint density at radius 1 is 1.19 bits per heavy atom. The molecule has 0 saturated heterocycles. The van der Waals surface area contributed by atoms with Crippen molar-refractivity contribution in [3.8, 4) is 0 Å². The zero-order valence-corrected chi connectivity index (χ0v) is 12.1. The van der Waals surface area contributed by atoms with Gasteiger partial charge in [-0.15, -0.1) is 0 Å². The zero-order chi connectivity index (χ0) is 11.6. The number of unbranched alkanes of at least 4 members (excludes halogenated alkanes) is 4. The van der Waals surface area contributed by atoms with Crippen LogP contribution in [0.1, 0.15) is 44.6 Å². The van der Waals surface area contributed by atoms with Gasteiger partial charge in [-0.25, -0.2) is 0 Å². The molecule has 0 radical (unpaired) electrons. The third-order valence-corrected chi connectivity index (χ3v) is 4.31. The monoisotopic (exact) mass is 282 g/mol. The number of benzene rings is 1. The number of hydrogen-bond acceptors (Lipinski definition) is 0. The first-order valence-corrected chi connectivity index (χ1v) is 8.06. The van der Waals surface area contributed by atoms with E-state index >= 15 is 0 Å². The Labute approximate surface area is 106 Å². The van der Waals surface area contributed by atoms with E-state index < -0.39 is 0 Å². The number of aryl methyl sites for hydroxylation is 1. The van der Waals surface area contributed by atoms with E-state index in [1.54, 1.807) is 0 Å². The average Bonchev–Trinajstić information content (AvgIpc) is 2.28. The van der Waals surface area contributed by atoms with Gasteiger partial charge in [-0.2, -0.15) is 0 Å². The van der Waals surface area contributed by atoms with Gasteiger partial charge in [0, 0.05) is 0 Å². The molecule has 16 heavy (non-hydrogen) atoms. The number of allylic oxidation sites excluding steroid dienone is 1. The van der Waals surface area contributed by atoms with E-state index in [1.807, 2.05) is 0 Å². The maximum absolute atomic E-state index is 2.37. The van der Waals surface area contributed by atoms with Crippen molar-refractivity contribution in [2.45, 2.75) is 46.0 Å². The van der Waals surface area contributed by atoms with Crippen LogP contribution in [0.2, 0.25) is 0 Å². The van der Waals surface area contributed by atoms with Crippen LogP contribution in [0.3, 0.4) is 0 Å². The van der Waals surface area contributed by atoms with Crippen molar-refractivity contribution in [2.75, 3.05) is 0 Å². The van der Waals surface area contributed by atoms with Crippen molar-refractivity contribution in [1.82, 2.24) is 0 Å². The van der Waals surface area contributed by atoms with Gasteiger partial charge in [-0.05, 0) is 0 Å². The molecule has 0 heterocycles. The summed E-state index contributed by atoms with van der Waals surface area (Å²) >= 11 is 0.525. The molecule has 0 aliphatic rings. The first kappa shape index (κ1) is 13.5. The number of rotatable bonds is 7. The Kier molecular flexibility index (Phi) is 7.29. The molecule has 0 spiro atoms. The minimum absolute atomic E-state index is 0.525. The van der Waals surface area contributed by atoms with Crippen LogP contribution < -0.4 is 4.46 Å². The predicted octanol–water partition coefficient (Wildman–Crippen LogP) is 3.81. The van der Waals surface area contributed by atoms with Crippen LogP contribution >= 0.6 is 0 Å². The molecule has 0 N–H and O–H groups in total. The molecule has 1 rings (SSSR count). The molecule has 88 valence electrons. The zero-order valence-electron chi connectivity index (χ0n) is 10.4. The Morgan fingerprint density at radius 3 is 2.81 bits per heavy atom. The standard InChI is InChI=1S/C15H22Se/c1-3-4-5-6-7-8-12-16-15-11-9-10-14(2)13-15/h8-13H,3-7H2,1-2H3/b12-8+. The minimum atomic E-state index is 0.525. The van der Waals surface area contributed by atoms with Gasteiger partial charge in [0.25, 0.3) is 0 Å².